The van der Waals surface area contributed by atoms with Crippen molar-refractivity contribution in [1.29, 1.82) is 0 Å². The van der Waals surface area contributed by atoms with Crippen LogP contribution in [0.5, 0.6) is 0 Å². The lowest BCUT2D eigenvalue weighted by Gasteiger charge is -2.31. The molecule has 1 saturated heterocycles. The second-order valence-corrected chi connectivity index (χ2v) is 5.48. The van der Waals surface area contributed by atoms with E-state index >= 15 is 0 Å². The van der Waals surface area contributed by atoms with Gasteiger partial charge in [-0.3, -0.25) is 0 Å². The molecule has 1 aliphatic heterocycles. The first kappa shape index (κ1) is 14.0. The van der Waals surface area contributed by atoms with Gasteiger partial charge in [-0.2, -0.15) is 0 Å². The van der Waals surface area contributed by atoms with Crippen molar-refractivity contribution < 1.29 is 0 Å². The van der Waals surface area contributed by atoms with E-state index in [0.29, 0.717) is 0 Å². The van der Waals surface area contributed by atoms with E-state index in [0.717, 1.165) is 12.1 Å². The number of nitrogens with one attached hydrogen (secondary N) is 1. The quantitative estimate of drug-likeness (QED) is 0.593. The maximum atomic E-state index is 3.87. The highest BCUT2D eigenvalue weighted by Crippen LogP contribution is 2.20. The van der Waals surface area contributed by atoms with Gasteiger partial charge in [0.05, 0.1) is 0 Å². The van der Waals surface area contributed by atoms with E-state index in [9.17, 15) is 0 Å². The first-order valence-electron chi connectivity index (χ1n) is 7.62. The smallest absolute Gasteiger partial charge is 0.00696 e. The first-order valence-corrected chi connectivity index (χ1v) is 7.62. The van der Waals surface area contributed by atoms with Gasteiger partial charge in [0.1, 0.15) is 0 Å². The van der Waals surface area contributed by atoms with Gasteiger partial charge in [0.15, 0.2) is 0 Å². The Kier molecular flexibility index (Phi) is 7.92. The molecule has 1 aliphatic rings. The standard InChI is InChI=1S/C15H31N/c1-3-5-7-10-14-12-9-13-15(16-14)11-8-6-4-2/h14-16H,3-13H2,1-2H3. The predicted molar refractivity (Wildman–Crippen MR) is 72.8 cm³/mol. The fraction of sp³-hybridized carbons (Fsp3) is 1.00. The fourth-order valence-corrected chi connectivity index (χ4v) is 2.85. The molecule has 0 aromatic rings. The van der Waals surface area contributed by atoms with Crippen molar-refractivity contribution in [2.45, 2.75) is 96.6 Å². The summed E-state index contributed by atoms with van der Waals surface area (Å²) in [7, 11) is 0. The average Bonchev–Trinajstić information content (AvgIpc) is 2.30. The van der Waals surface area contributed by atoms with Crippen LogP contribution in [0.3, 0.4) is 0 Å². The molecule has 2 atom stereocenters. The summed E-state index contributed by atoms with van der Waals surface area (Å²) in [6, 6.07) is 1.68. The molecule has 1 rings (SSSR count). The monoisotopic (exact) mass is 225 g/mol. The van der Waals surface area contributed by atoms with E-state index in [2.05, 4.69) is 19.2 Å². The summed E-state index contributed by atoms with van der Waals surface area (Å²) in [5.41, 5.74) is 0. The van der Waals surface area contributed by atoms with Gasteiger partial charge in [-0.1, -0.05) is 58.8 Å². The maximum absolute atomic E-state index is 3.87. The number of rotatable bonds is 8. The van der Waals surface area contributed by atoms with Gasteiger partial charge in [-0.25, -0.2) is 0 Å². The van der Waals surface area contributed by atoms with Crippen LogP contribution in [-0.2, 0) is 0 Å². The number of hydrogen-bond donors (Lipinski definition) is 1. The van der Waals surface area contributed by atoms with Crippen LogP contribution in [0.25, 0.3) is 0 Å². The molecular weight excluding hydrogens is 194 g/mol. The van der Waals surface area contributed by atoms with Crippen molar-refractivity contribution in [3.63, 3.8) is 0 Å². The summed E-state index contributed by atoms with van der Waals surface area (Å²) in [6.45, 7) is 4.59. The second-order valence-electron chi connectivity index (χ2n) is 5.48. The molecule has 0 aromatic heterocycles. The third-order valence-corrected chi connectivity index (χ3v) is 3.89. The fourth-order valence-electron chi connectivity index (χ4n) is 2.85. The van der Waals surface area contributed by atoms with Crippen LogP contribution in [0, 0.1) is 0 Å². The Balaban J connectivity index is 2.09. The Morgan fingerprint density at radius 3 is 1.75 bits per heavy atom. The number of piperidine rings is 1. The first-order chi connectivity index (χ1) is 7.86. The molecule has 0 aromatic carbocycles. The van der Waals surface area contributed by atoms with Gasteiger partial charge in [0.25, 0.3) is 0 Å². The molecule has 1 heterocycles. The van der Waals surface area contributed by atoms with Crippen LogP contribution in [0.4, 0.5) is 0 Å². The molecule has 0 spiro atoms. The molecule has 0 bridgehead atoms. The van der Waals surface area contributed by atoms with E-state index in [-0.39, 0.29) is 0 Å². The normalized spacial score (nSPS) is 25.9. The Hall–Kier alpha value is -0.0400. The molecular formula is C15H31N. The molecule has 0 amide bonds. The molecule has 1 heteroatoms. The zero-order chi connectivity index (χ0) is 11.6. The lowest BCUT2D eigenvalue weighted by molar-refractivity contribution is 0.287. The maximum Gasteiger partial charge on any atom is 0.00696 e. The minimum atomic E-state index is 0.840. The topological polar surface area (TPSA) is 12.0 Å². The van der Waals surface area contributed by atoms with Crippen molar-refractivity contribution >= 4 is 0 Å². The Morgan fingerprint density at radius 1 is 0.812 bits per heavy atom. The average molecular weight is 225 g/mol. The van der Waals surface area contributed by atoms with Gasteiger partial charge in [-0.05, 0) is 25.7 Å². The van der Waals surface area contributed by atoms with E-state index in [4.69, 9.17) is 0 Å². The van der Waals surface area contributed by atoms with Gasteiger partial charge in [-0.15, -0.1) is 0 Å². The second kappa shape index (κ2) is 9.04. The lowest BCUT2D eigenvalue weighted by Crippen LogP contribution is -2.42. The highest BCUT2D eigenvalue weighted by molar-refractivity contribution is 4.80. The highest BCUT2D eigenvalue weighted by atomic mass is 15.0. The lowest BCUT2D eigenvalue weighted by atomic mass is 9.92. The van der Waals surface area contributed by atoms with Crippen molar-refractivity contribution in [3.05, 3.63) is 0 Å². The van der Waals surface area contributed by atoms with Gasteiger partial charge in [0, 0.05) is 12.1 Å². The predicted octanol–water partition coefficient (Wildman–Crippen LogP) is 4.66. The Morgan fingerprint density at radius 2 is 1.31 bits per heavy atom. The molecule has 2 unspecified atom stereocenters. The summed E-state index contributed by atoms with van der Waals surface area (Å²) < 4.78 is 0. The largest absolute Gasteiger partial charge is 0.311 e. The molecule has 16 heavy (non-hydrogen) atoms. The van der Waals surface area contributed by atoms with Crippen LogP contribution in [-0.4, -0.2) is 12.1 Å². The Bertz CT molecular complexity index is 140. The van der Waals surface area contributed by atoms with Crippen molar-refractivity contribution in [2.75, 3.05) is 0 Å². The summed E-state index contributed by atoms with van der Waals surface area (Å²) in [5, 5.41) is 3.87. The molecule has 0 radical (unpaired) electrons. The van der Waals surface area contributed by atoms with E-state index in [1.165, 1.54) is 70.6 Å². The highest BCUT2D eigenvalue weighted by Gasteiger charge is 2.19. The van der Waals surface area contributed by atoms with Crippen molar-refractivity contribution in [2.24, 2.45) is 0 Å². The van der Waals surface area contributed by atoms with Crippen LogP contribution in [0.2, 0.25) is 0 Å². The third-order valence-electron chi connectivity index (χ3n) is 3.89. The van der Waals surface area contributed by atoms with Crippen LogP contribution in [0.15, 0.2) is 0 Å². The zero-order valence-electron chi connectivity index (χ0n) is 11.4. The van der Waals surface area contributed by atoms with E-state index < -0.39 is 0 Å². The van der Waals surface area contributed by atoms with Crippen LogP contribution >= 0.6 is 0 Å². The van der Waals surface area contributed by atoms with Crippen LogP contribution in [0.1, 0.15) is 84.5 Å². The van der Waals surface area contributed by atoms with Crippen molar-refractivity contribution in [1.82, 2.24) is 5.32 Å². The van der Waals surface area contributed by atoms with Gasteiger partial charge in [0.2, 0.25) is 0 Å². The summed E-state index contributed by atoms with van der Waals surface area (Å²) in [4.78, 5) is 0. The third kappa shape index (κ3) is 5.89. The summed E-state index contributed by atoms with van der Waals surface area (Å²) in [5.74, 6) is 0. The molecule has 1 N–H and O–H groups in total. The van der Waals surface area contributed by atoms with E-state index in [1.807, 2.05) is 0 Å². The summed E-state index contributed by atoms with van der Waals surface area (Å²) >= 11 is 0. The number of hydrogen-bond acceptors (Lipinski definition) is 1. The molecule has 96 valence electrons. The van der Waals surface area contributed by atoms with Gasteiger partial charge < -0.3 is 5.32 Å². The van der Waals surface area contributed by atoms with Gasteiger partial charge >= 0.3 is 0 Å². The van der Waals surface area contributed by atoms with E-state index in [1.54, 1.807) is 0 Å². The molecule has 0 saturated carbocycles. The summed E-state index contributed by atoms with van der Waals surface area (Å²) in [6.07, 6.45) is 15.5. The molecule has 1 fully saturated rings. The number of unbranched alkanes of at least 4 members (excludes halogenated alkanes) is 4. The van der Waals surface area contributed by atoms with Crippen molar-refractivity contribution in [3.8, 4) is 0 Å². The molecule has 1 nitrogen and oxygen atoms in total. The minimum Gasteiger partial charge on any atom is -0.311 e. The zero-order valence-corrected chi connectivity index (χ0v) is 11.4. The van der Waals surface area contributed by atoms with Crippen LogP contribution < -0.4 is 5.32 Å². The molecule has 0 aliphatic carbocycles. The minimum absolute atomic E-state index is 0.840. The SMILES string of the molecule is CCCCCC1CCCC(CCCCC)N1. The Labute approximate surface area is 102 Å².